The first-order valence-corrected chi connectivity index (χ1v) is 16.2. The highest BCUT2D eigenvalue weighted by atomic mass is 32.1. The third-order valence-corrected chi connectivity index (χ3v) is 10.2. The van der Waals surface area contributed by atoms with Gasteiger partial charge in [-0.2, -0.15) is 0 Å². The Hall–Kier alpha value is -5.84. The Balaban J connectivity index is 1.24. The van der Waals surface area contributed by atoms with E-state index in [0.717, 1.165) is 66.6 Å². The second-order valence-corrected chi connectivity index (χ2v) is 12.8. The van der Waals surface area contributed by atoms with Crippen LogP contribution in [-0.2, 0) is 0 Å². The summed E-state index contributed by atoms with van der Waals surface area (Å²) >= 11 is 1.83. The third-order valence-electron chi connectivity index (χ3n) is 9.07. The van der Waals surface area contributed by atoms with E-state index in [-0.39, 0.29) is 0 Å². The number of hydrogen-bond acceptors (Lipinski definition) is 4. The zero-order valence-electron chi connectivity index (χ0n) is 24.6. The number of hydrogen-bond donors (Lipinski definition) is 0. The Kier molecular flexibility index (Phi) is 5.45. The summed E-state index contributed by atoms with van der Waals surface area (Å²) in [4.78, 5) is 10.7. The van der Waals surface area contributed by atoms with E-state index >= 15 is 0 Å². The fourth-order valence-corrected chi connectivity index (χ4v) is 8.03. The molecule has 46 heavy (non-hydrogen) atoms. The summed E-state index contributed by atoms with van der Waals surface area (Å²) in [6.45, 7) is 0. The highest BCUT2D eigenvalue weighted by molar-refractivity contribution is 7.26. The number of aromatic nitrogens is 2. The Bertz CT molecular complexity index is 2810. The quantitative estimate of drug-likeness (QED) is 0.201. The number of fused-ring (bicyclic) bond motifs is 10. The van der Waals surface area contributed by atoms with Crippen LogP contribution in [0.3, 0.4) is 0 Å². The van der Waals surface area contributed by atoms with Crippen molar-refractivity contribution in [2.75, 3.05) is 0 Å². The minimum absolute atomic E-state index is 0.718. The van der Waals surface area contributed by atoms with Crippen LogP contribution in [0, 0.1) is 0 Å². The van der Waals surface area contributed by atoms with Crippen molar-refractivity contribution >= 4 is 75.1 Å². The molecule has 0 unspecified atom stereocenters. The van der Waals surface area contributed by atoms with Gasteiger partial charge in [-0.3, -0.25) is 0 Å². The van der Waals surface area contributed by atoms with Crippen molar-refractivity contribution in [3.05, 3.63) is 146 Å². The molecule has 0 aliphatic heterocycles. The van der Waals surface area contributed by atoms with E-state index in [4.69, 9.17) is 14.4 Å². The summed E-state index contributed by atoms with van der Waals surface area (Å²) in [6, 6.07) is 51.2. The molecule has 0 aliphatic rings. The monoisotopic (exact) mass is 604 g/mol. The highest BCUT2D eigenvalue weighted by Gasteiger charge is 2.18. The van der Waals surface area contributed by atoms with Gasteiger partial charge >= 0.3 is 0 Å². The van der Waals surface area contributed by atoms with E-state index in [2.05, 4.69) is 127 Å². The van der Waals surface area contributed by atoms with Crippen molar-refractivity contribution in [2.45, 2.75) is 0 Å². The van der Waals surface area contributed by atoms with Crippen LogP contribution in [0.5, 0.6) is 0 Å². The van der Waals surface area contributed by atoms with Crippen molar-refractivity contribution in [1.29, 1.82) is 0 Å². The molecule has 3 heterocycles. The van der Waals surface area contributed by atoms with Gasteiger partial charge in [-0.05, 0) is 64.4 Å². The van der Waals surface area contributed by atoms with E-state index in [1.807, 2.05) is 29.5 Å². The predicted octanol–water partition coefficient (Wildman–Crippen LogP) is 12.1. The SMILES string of the molecule is c1ccc(-c2nc(-c3cccc(-c4ccc5oc6ccccc6c5c4)c3)nc3c2ccc2sc4ccc5ccccc5c4c23)cc1. The molecule has 0 amide bonds. The maximum atomic E-state index is 6.10. The molecule has 0 saturated carbocycles. The molecule has 4 heteroatoms. The largest absolute Gasteiger partial charge is 0.456 e. The van der Waals surface area contributed by atoms with Crippen molar-refractivity contribution in [2.24, 2.45) is 0 Å². The molecule has 0 fully saturated rings. The van der Waals surface area contributed by atoms with Gasteiger partial charge in [0.05, 0.1) is 11.2 Å². The summed E-state index contributed by atoms with van der Waals surface area (Å²) in [5.74, 6) is 0.718. The molecule has 214 valence electrons. The minimum atomic E-state index is 0.718. The minimum Gasteiger partial charge on any atom is -0.456 e. The fourth-order valence-electron chi connectivity index (χ4n) is 6.91. The molecule has 7 aromatic carbocycles. The number of furan rings is 1. The summed E-state index contributed by atoms with van der Waals surface area (Å²) < 4.78 is 8.60. The summed E-state index contributed by atoms with van der Waals surface area (Å²) in [5.41, 5.74) is 8.03. The van der Waals surface area contributed by atoms with Gasteiger partial charge in [0.15, 0.2) is 5.82 Å². The molecule has 0 bridgehead atoms. The first-order chi connectivity index (χ1) is 22.8. The van der Waals surface area contributed by atoms with Crippen molar-refractivity contribution < 1.29 is 4.42 Å². The summed E-state index contributed by atoms with van der Waals surface area (Å²) in [5, 5.41) is 8.25. The van der Waals surface area contributed by atoms with Crippen LogP contribution in [0.1, 0.15) is 0 Å². The predicted molar refractivity (Wildman–Crippen MR) is 194 cm³/mol. The zero-order chi connectivity index (χ0) is 30.2. The molecule has 10 aromatic rings. The lowest BCUT2D eigenvalue weighted by Gasteiger charge is -2.12. The number of benzene rings is 7. The molecule has 3 nitrogen and oxygen atoms in total. The fraction of sp³-hybridized carbons (Fsp3) is 0. The maximum Gasteiger partial charge on any atom is 0.160 e. The van der Waals surface area contributed by atoms with Crippen molar-refractivity contribution in [3.63, 3.8) is 0 Å². The Morgan fingerprint density at radius 3 is 2.09 bits per heavy atom. The standard InChI is InChI=1S/C42H24N2OS/c1-2-10-26(11-3-1)40-32-19-22-37-39(38-30-14-5-4-9-25(30)18-21-36(38)46-37)41(32)44-42(43-40)29-13-8-12-27(23-29)28-17-20-35-33(24-28)31-15-6-7-16-34(31)45-35/h1-24H. The van der Waals surface area contributed by atoms with Crippen LogP contribution < -0.4 is 0 Å². The van der Waals surface area contributed by atoms with Crippen LogP contribution in [-0.4, -0.2) is 9.97 Å². The van der Waals surface area contributed by atoms with Crippen LogP contribution in [0.15, 0.2) is 150 Å². The molecular weight excluding hydrogens is 581 g/mol. The number of thiophene rings is 1. The van der Waals surface area contributed by atoms with Gasteiger partial charge in [0.2, 0.25) is 0 Å². The summed E-state index contributed by atoms with van der Waals surface area (Å²) in [7, 11) is 0. The van der Waals surface area contributed by atoms with E-state index in [0.29, 0.717) is 0 Å². The molecule has 0 atom stereocenters. The molecular formula is C42H24N2OS. The summed E-state index contributed by atoms with van der Waals surface area (Å²) in [6.07, 6.45) is 0. The van der Waals surface area contributed by atoms with Crippen LogP contribution >= 0.6 is 11.3 Å². The first-order valence-electron chi connectivity index (χ1n) is 15.4. The lowest BCUT2D eigenvalue weighted by Crippen LogP contribution is -1.96. The molecule has 0 N–H and O–H groups in total. The highest BCUT2D eigenvalue weighted by Crippen LogP contribution is 2.43. The first kappa shape index (κ1) is 25.5. The van der Waals surface area contributed by atoms with Gasteiger partial charge in [0.25, 0.3) is 0 Å². The lowest BCUT2D eigenvalue weighted by atomic mass is 9.99. The van der Waals surface area contributed by atoms with Crippen molar-refractivity contribution in [1.82, 2.24) is 9.97 Å². The van der Waals surface area contributed by atoms with Gasteiger partial charge < -0.3 is 4.42 Å². The zero-order valence-corrected chi connectivity index (χ0v) is 25.4. The van der Waals surface area contributed by atoms with E-state index in [1.165, 1.54) is 30.9 Å². The number of nitrogens with zero attached hydrogens (tertiary/aromatic N) is 2. The Labute approximate surface area is 268 Å². The lowest BCUT2D eigenvalue weighted by molar-refractivity contribution is 0.669. The van der Waals surface area contributed by atoms with E-state index in [1.54, 1.807) is 0 Å². The Morgan fingerprint density at radius 1 is 0.435 bits per heavy atom. The van der Waals surface area contributed by atoms with Crippen molar-refractivity contribution in [3.8, 4) is 33.8 Å². The molecule has 0 aliphatic carbocycles. The van der Waals surface area contributed by atoms with Crippen LogP contribution in [0.2, 0.25) is 0 Å². The topological polar surface area (TPSA) is 38.9 Å². The molecule has 0 saturated heterocycles. The van der Waals surface area contributed by atoms with Gasteiger partial charge in [-0.25, -0.2) is 9.97 Å². The van der Waals surface area contributed by atoms with Gasteiger partial charge in [-0.15, -0.1) is 11.3 Å². The molecule has 3 aromatic heterocycles. The van der Waals surface area contributed by atoms with E-state index in [9.17, 15) is 0 Å². The van der Waals surface area contributed by atoms with Gasteiger partial charge in [0.1, 0.15) is 11.2 Å². The second kappa shape index (κ2) is 9.83. The van der Waals surface area contributed by atoms with Gasteiger partial charge in [0, 0.05) is 47.5 Å². The molecule has 10 rings (SSSR count). The molecule has 0 spiro atoms. The Morgan fingerprint density at radius 2 is 1.15 bits per heavy atom. The average molecular weight is 605 g/mol. The third kappa shape index (κ3) is 3.84. The van der Waals surface area contributed by atoms with Crippen LogP contribution in [0.4, 0.5) is 0 Å². The number of para-hydroxylation sites is 1. The smallest absolute Gasteiger partial charge is 0.160 e. The average Bonchev–Trinajstić information content (AvgIpc) is 3.70. The maximum absolute atomic E-state index is 6.10. The van der Waals surface area contributed by atoms with Gasteiger partial charge in [-0.1, -0.05) is 103 Å². The van der Waals surface area contributed by atoms with Crippen LogP contribution in [0.25, 0.3) is 97.6 Å². The number of rotatable bonds is 3. The normalized spacial score (nSPS) is 11.9. The van der Waals surface area contributed by atoms with E-state index < -0.39 is 0 Å². The molecule has 0 radical (unpaired) electrons. The second-order valence-electron chi connectivity index (χ2n) is 11.7.